The van der Waals surface area contributed by atoms with Gasteiger partial charge >= 0.3 is 0 Å². The quantitative estimate of drug-likeness (QED) is 0.712. The molecule has 110 valence electrons. The van der Waals surface area contributed by atoms with Gasteiger partial charge in [-0.1, -0.05) is 13.8 Å². The van der Waals surface area contributed by atoms with E-state index < -0.39 is 0 Å². The van der Waals surface area contributed by atoms with Crippen molar-refractivity contribution in [1.29, 1.82) is 0 Å². The number of nitrogens with zero attached hydrogens (tertiary/aromatic N) is 1. The average Bonchev–Trinajstić information content (AvgIpc) is 2.22. The molecule has 4 heteroatoms. The Morgan fingerprint density at radius 3 is 2.58 bits per heavy atom. The zero-order valence-electron chi connectivity index (χ0n) is 12.5. The highest BCUT2D eigenvalue weighted by Gasteiger charge is 2.31. The Hall–Kier alpha value is -0.610. The average molecular weight is 268 g/mol. The zero-order chi connectivity index (χ0) is 13.8. The van der Waals surface area contributed by atoms with E-state index in [1.807, 2.05) is 11.9 Å². The van der Waals surface area contributed by atoms with Crippen molar-refractivity contribution in [2.24, 2.45) is 17.8 Å². The predicted molar refractivity (Wildman–Crippen MR) is 75.9 cm³/mol. The Morgan fingerprint density at radius 2 is 2.05 bits per heavy atom. The molecule has 0 unspecified atom stereocenters. The molecule has 2 fully saturated rings. The van der Waals surface area contributed by atoms with Gasteiger partial charge in [-0.3, -0.25) is 4.79 Å². The molecule has 0 aromatic heterocycles. The third kappa shape index (κ3) is 3.93. The van der Waals surface area contributed by atoms with Gasteiger partial charge in [0.25, 0.3) is 0 Å². The molecule has 19 heavy (non-hydrogen) atoms. The highest BCUT2D eigenvalue weighted by Crippen LogP contribution is 2.35. The second-order valence-corrected chi connectivity index (χ2v) is 6.44. The predicted octanol–water partition coefficient (Wildman–Crippen LogP) is 1.51. The summed E-state index contributed by atoms with van der Waals surface area (Å²) in [5.41, 5.74) is 0. The van der Waals surface area contributed by atoms with Crippen molar-refractivity contribution in [3.8, 4) is 0 Å². The summed E-state index contributed by atoms with van der Waals surface area (Å²) < 4.78 is 5.84. The molecule has 0 spiro atoms. The number of ether oxygens (including phenoxy) is 1. The number of hydrogen-bond donors (Lipinski definition) is 1. The van der Waals surface area contributed by atoms with E-state index in [1.54, 1.807) is 0 Å². The number of nitrogens with one attached hydrogen (secondary N) is 1. The Balaban J connectivity index is 1.49. The Labute approximate surface area is 116 Å². The van der Waals surface area contributed by atoms with E-state index in [4.69, 9.17) is 4.74 Å². The Morgan fingerprint density at radius 1 is 1.37 bits per heavy atom. The number of carbonyl (C=O) groups excluding carboxylic acids is 1. The summed E-state index contributed by atoms with van der Waals surface area (Å²) in [5.74, 6) is 2.15. The van der Waals surface area contributed by atoms with Crippen molar-refractivity contribution in [3.63, 3.8) is 0 Å². The van der Waals surface area contributed by atoms with Gasteiger partial charge in [0.05, 0.1) is 12.0 Å². The summed E-state index contributed by atoms with van der Waals surface area (Å²) in [5, 5.41) is 3.14. The highest BCUT2D eigenvalue weighted by atomic mass is 16.5. The van der Waals surface area contributed by atoms with Crippen LogP contribution in [-0.4, -0.2) is 50.2 Å². The maximum absolute atomic E-state index is 11.9. The van der Waals surface area contributed by atoms with E-state index in [2.05, 4.69) is 19.2 Å². The zero-order valence-corrected chi connectivity index (χ0v) is 12.5. The summed E-state index contributed by atoms with van der Waals surface area (Å²) in [6.45, 7) is 7.87. The van der Waals surface area contributed by atoms with Crippen LogP contribution in [0.4, 0.5) is 0 Å². The summed E-state index contributed by atoms with van der Waals surface area (Å²) >= 11 is 0. The molecule has 0 atom stereocenters. The first kappa shape index (κ1) is 14.8. The fourth-order valence-electron chi connectivity index (χ4n) is 2.72. The lowest BCUT2D eigenvalue weighted by atomic mass is 9.75. The molecule has 2 rings (SSSR count). The minimum Gasteiger partial charge on any atom is -0.378 e. The van der Waals surface area contributed by atoms with Crippen LogP contribution < -0.4 is 5.32 Å². The summed E-state index contributed by atoms with van der Waals surface area (Å²) in [6.07, 6.45) is 3.87. The molecule has 0 bridgehead atoms. The Bertz CT molecular complexity index is 297. The molecule has 0 radical (unpaired) electrons. The van der Waals surface area contributed by atoms with Crippen molar-refractivity contribution in [3.05, 3.63) is 0 Å². The van der Waals surface area contributed by atoms with Gasteiger partial charge < -0.3 is 15.0 Å². The minimum atomic E-state index is 0.212. The van der Waals surface area contributed by atoms with Crippen molar-refractivity contribution in [2.75, 3.05) is 33.3 Å². The van der Waals surface area contributed by atoms with E-state index in [9.17, 15) is 4.79 Å². The molecular weight excluding hydrogens is 240 g/mol. The van der Waals surface area contributed by atoms with Gasteiger partial charge in [0, 0.05) is 33.3 Å². The topological polar surface area (TPSA) is 41.6 Å². The van der Waals surface area contributed by atoms with E-state index in [1.165, 1.54) is 12.8 Å². The van der Waals surface area contributed by atoms with Crippen molar-refractivity contribution in [2.45, 2.75) is 39.2 Å². The van der Waals surface area contributed by atoms with Crippen LogP contribution in [0.25, 0.3) is 0 Å². The van der Waals surface area contributed by atoms with Gasteiger partial charge in [-0.05, 0) is 31.1 Å². The third-order valence-electron chi connectivity index (χ3n) is 4.57. The highest BCUT2D eigenvalue weighted by molar-refractivity contribution is 5.79. The standard InChI is InChI=1S/C15H28N2O2/c1-11(2)12-7-14(8-12)19-6-4-5-17(3)15(18)13-9-16-10-13/h11-14,16H,4-10H2,1-3H3. The molecule has 1 aliphatic heterocycles. The number of rotatable bonds is 7. The van der Waals surface area contributed by atoms with Gasteiger partial charge in [-0.15, -0.1) is 0 Å². The van der Waals surface area contributed by atoms with Crippen molar-refractivity contribution in [1.82, 2.24) is 10.2 Å². The summed E-state index contributed by atoms with van der Waals surface area (Å²) in [7, 11) is 1.90. The molecule has 0 aromatic carbocycles. The van der Waals surface area contributed by atoms with E-state index in [-0.39, 0.29) is 11.8 Å². The second-order valence-electron chi connectivity index (χ2n) is 6.44. The normalized spacial score (nSPS) is 26.9. The van der Waals surface area contributed by atoms with Gasteiger partial charge in [0.1, 0.15) is 0 Å². The second kappa shape index (κ2) is 6.71. The van der Waals surface area contributed by atoms with Crippen LogP contribution in [-0.2, 0) is 9.53 Å². The maximum atomic E-state index is 11.9. The molecule has 1 aliphatic carbocycles. The van der Waals surface area contributed by atoms with Crippen molar-refractivity contribution < 1.29 is 9.53 Å². The largest absolute Gasteiger partial charge is 0.378 e. The SMILES string of the molecule is CC(C)C1CC(OCCCN(C)C(=O)C2CNC2)C1. The number of amides is 1. The van der Waals surface area contributed by atoms with Gasteiger partial charge in [-0.25, -0.2) is 0 Å². The van der Waals surface area contributed by atoms with Crippen LogP contribution in [0.5, 0.6) is 0 Å². The first-order valence-corrected chi connectivity index (χ1v) is 7.65. The Kier molecular flexibility index (Phi) is 5.22. The van der Waals surface area contributed by atoms with E-state index in [0.29, 0.717) is 6.10 Å². The fraction of sp³-hybridized carbons (Fsp3) is 0.933. The summed E-state index contributed by atoms with van der Waals surface area (Å²) in [6, 6.07) is 0. The number of carbonyl (C=O) groups is 1. The van der Waals surface area contributed by atoms with Gasteiger partial charge in [0.15, 0.2) is 0 Å². The van der Waals surface area contributed by atoms with E-state index >= 15 is 0 Å². The molecule has 1 saturated heterocycles. The minimum absolute atomic E-state index is 0.212. The van der Waals surface area contributed by atoms with E-state index in [0.717, 1.165) is 44.5 Å². The summed E-state index contributed by atoms with van der Waals surface area (Å²) in [4.78, 5) is 13.7. The molecule has 1 saturated carbocycles. The molecule has 2 aliphatic rings. The van der Waals surface area contributed by atoms with Crippen molar-refractivity contribution >= 4 is 5.91 Å². The van der Waals surface area contributed by atoms with Crippen LogP contribution in [0.3, 0.4) is 0 Å². The first-order valence-electron chi connectivity index (χ1n) is 7.65. The molecule has 4 nitrogen and oxygen atoms in total. The van der Waals surface area contributed by atoms with Gasteiger partial charge in [-0.2, -0.15) is 0 Å². The van der Waals surface area contributed by atoms with Gasteiger partial charge in [0.2, 0.25) is 5.91 Å². The van der Waals surface area contributed by atoms with Crippen LogP contribution in [0.1, 0.15) is 33.1 Å². The molecular formula is C15H28N2O2. The lowest BCUT2D eigenvalue weighted by Crippen LogP contribution is -2.51. The number of hydrogen-bond acceptors (Lipinski definition) is 3. The van der Waals surface area contributed by atoms with Crippen LogP contribution in [0.2, 0.25) is 0 Å². The third-order valence-corrected chi connectivity index (χ3v) is 4.57. The monoisotopic (exact) mass is 268 g/mol. The lowest BCUT2D eigenvalue weighted by molar-refractivity contribution is -0.136. The lowest BCUT2D eigenvalue weighted by Gasteiger charge is -2.38. The molecule has 1 N–H and O–H groups in total. The van der Waals surface area contributed by atoms with Crippen LogP contribution in [0.15, 0.2) is 0 Å². The maximum Gasteiger partial charge on any atom is 0.227 e. The van der Waals surface area contributed by atoms with Crippen LogP contribution in [0, 0.1) is 17.8 Å². The smallest absolute Gasteiger partial charge is 0.227 e. The fourth-order valence-corrected chi connectivity index (χ4v) is 2.72. The molecule has 0 aromatic rings. The van der Waals surface area contributed by atoms with Crippen LogP contribution >= 0.6 is 0 Å². The molecule has 1 heterocycles. The first-order chi connectivity index (χ1) is 9.08. The molecule has 1 amide bonds.